The molecule has 34 heavy (non-hydrogen) atoms. The first-order valence-corrected chi connectivity index (χ1v) is 14.6. The van der Waals surface area contributed by atoms with Crippen LogP contribution in [-0.2, 0) is 0 Å². The van der Waals surface area contributed by atoms with E-state index < -0.39 is 0 Å². The number of nitrogens with one attached hydrogen (secondary N) is 1. The van der Waals surface area contributed by atoms with Gasteiger partial charge in [-0.15, -0.1) is 0 Å². The Labute approximate surface area is 210 Å². The van der Waals surface area contributed by atoms with Gasteiger partial charge in [0.25, 0.3) is 0 Å². The Hall–Kier alpha value is -1.60. The molecule has 2 unspecified atom stereocenters. The van der Waals surface area contributed by atoms with Crippen molar-refractivity contribution in [3.63, 3.8) is 0 Å². The van der Waals surface area contributed by atoms with Crippen molar-refractivity contribution in [2.45, 2.75) is 122 Å². The molecule has 2 saturated carbocycles. The van der Waals surface area contributed by atoms with Gasteiger partial charge in [-0.2, -0.15) is 0 Å². The van der Waals surface area contributed by atoms with Gasteiger partial charge in [-0.3, -0.25) is 0 Å². The number of hydrogen-bond donors (Lipinski definition) is 1. The van der Waals surface area contributed by atoms with Crippen LogP contribution in [0, 0.1) is 5.92 Å². The van der Waals surface area contributed by atoms with E-state index in [4.69, 9.17) is 0 Å². The second kappa shape index (κ2) is 12.9. The minimum absolute atomic E-state index is 0.464. The van der Waals surface area contributed by atoms with Crippen LogP contribution in [0.5, 0.6) is 0 Å². The molecule has 1 nitrogen and oxygen atoms in total. The highest BCUT2D eigenvalue weighted by molar-refractivity contribution is 5.39. The quantitative estimate of drug-likeness (QED) is 0.469. The molecular formula is C33H49N. The first kappa shape index (κ1) is 25.5. The summed E-state index contributed by atoms with van der Waals surface area (Å²) >= 11 is 0. The third kappa shape index (κ3) is 6.54. The zero-order chi connectivity index (χ0) is 23.8. The van der Waals surface area contributed by atoms with Crippen molar-refractivity contribution in [1.29, 1.82) is 0 Å². The van der Waals surface area contributed by atoms with Gasteiger partial charge in [0.05, 0.1) is 0 Å². The molecule has 186 valence electrons. The largest absolute Gasteiger partial charge is 0.313 e. The van der Waals surface area contributed by atoms with E-state index in [1.54, 1.807) is 11.1 Å². The third-order valence-corrected chi connectivity index (χ3v) is 8.53. The molecule has 2 atom stereocenters. The van der Waals surface area contributed by atoms with Gasteiger partial charge in [0.15, 0.2) is 0 Å². The minimum atomic E-state index is 0.464. The van der Waals surface area contributed by atoms with Crippen molar-refractivity contribution in [3.05, 3.63) is 70.8 Å². The average molecular weight is 460 g/mol. The fraction of sp³-hybridized carbons (Fsp3) is 0.636. The zero-order valence-corrected chi connectivity index (χ0v) is 22.2. The van der Waals surface area contributed by atoms with Crippen LogP contribution in [0.3, 0.4) is 0 Å². The molecule has 1 aliphatic heterocycles. The van der Waals surface area contributed by atoms with Crippen molar-refractivity contribution in [2.24, 2.45) is 5.92 Å². The van der Waals surface area contributed by atoms with Crippen molar-refractivity contribution >= 4 is 0 Å². The Bertz CT molecular complexity index is 762. The molecule has 0 bridgehead atoms. The number of rotatable bonds is 5. The molecule has 1 saturated heterocycles. The lowest BCUT2D eigenvalue weighted by Gasteiger charge is -2.27. The zero-order valence-electron chi connectivity index (χ0n) is 22.2. The maximum Gasteiger partial charge on any atom is 0.0243 e. The molecule has 0 amide bonds. The molecule has 3 aliphatic rings. The fourth-order valence-electron chi connectivity index (χ4n) is 6.69. The lowest BCUT2D eigenvalue weighted by atomic mass is 9.79. The second-order valence-electron chi connectivity index (χ2n) is 11.5. The van der Waals surface area contributed by atoms with Crippen molar-refractivity contribution in [3.8, 4) is 0 Å². The summed E-state index contributed by atoms with van der Waals surface area (Å²) in [6.45, 7) is 7.80. The highest BCUT2D eigenvalue weighted by Crippen LogP contribution is 2.38. The van der Waals surface area contributed by atoms with Gasteiger partial charge >= 0.3 is 0 Å². The monoisotopic (exact) mass is 459 g/mol. The molecule has 0 spiro atoms. The summed E-state index contributed by atoms with van der Waals surface area (Å²) < 4.78 is 0. The van der Waals surface area contributed by atoms with Crippen LogP contribution in [0.2, 0.25) is 0 Å². The van der Waals surface area contributed by atoms with Crippen LogP contribution >= 0.6 is 0 Å². The maximum atomic E-state index is 3.86. The van der Waals surface area contributed by atoms with Gasteiger partial charge < -0.3 is 5.32 Å². The van der Waals surface area contributed by atoms with Gasteiger partial charge in [-0.1, -0.05) is 114 Å². The van der Waals surface area contributed by atoms with E-state index in [1.807, 2.05) is 0 Å². The topological polar surface area (TPSA) is 12.0 Å². The molecule has 2 aromatic carbocycles. The van der Waals surface area contributed by atoms with Crippen LogP contribution < -0.4 is 5.32 Å². The molecule has 5 rings (SSSR count). The molecule has 0 aromatic heterocycles. The smallest absolute Gasteiger partial charge is 0.0243 e. The minimum Gasteiger partial charge on any atom is -0.313 e. The lowest BCUT2D eigenvalue weighted by Crippen LogP contribution is -2.29. The van der Waals surface area contributed by atoms with Crippen molar-refractivity contribution in [2.75, 3.05) is 6.54 Å². The van der Waals surface area contributed by atoms with Gasteiger partial charge in [0.2, 0.25) is 0 Å². The molecule has 1 N–H and O–H groups in total. The Morgan fingerprint density at radius 2 is 1.09 bits per heavy atom. The van der Waals surface area contributed by atoms with Gasteiger partial charge in [-0.25, -0.2) is 0 Å². The van der Waals surface area contributed by atoms with E-state index in [9.17, 15) is 0 Å². The summed E-state index contributed by atoms with van der Waals surface area (Å²) in [5.41, 5.74) is 6.14. The summed E-state index contributed by atoms with van der Waals surface area (Å²) in [6.07, 6.45) is 16.6. The van der Waals surface area contributed by atoms with E-state index in [2.05, 4.69) is 74.6 Å². The molecule has 1 heteroatoms. The highest BCUT2D eigenvalue weighted by Gasteiger charge is 2.31. The fourth-order valence-corrected chi connectivity index (χ4v) is 6.69. The Balaban J connectivity index is 0.000000868. The van der Waals surface area contributed by atoms with E-state index in [-0.39, 0.29) is 0 Å². The number of hydrogen-bond acceptors (Lipinski definition) is 1. The maximum absolute atomic E-state index is 3.86. The lowest BCUT2D eigenvalue weighted by molar-refractivity contribution is 0.443. The SMILES string of the molecule is CC1CNC(C(c2ccc(C3CCCCC3)cc2)c2ccc(C3CCCCC3)cc2)C1.CCC. The Kier molecular flexibility index (Phi) is 9.68. The molecule has 2 aromatic rings. The summed E-state index contributed by atoms with van der Waals surface area (Å²) in [7, 11) is 0. The van der Waals surface area contributed by atoms with Crippen molar-refractivity contribution < 1.29 is 0 Å². The second-order valence-corrected chi connectivity index (χ2v) is 11.5. The Morgan fingerprint density at radius 1 is 0.676 bits per heavy atom. The van der Waals surface area contributed by atoms with Crippen LogP contribution in [0.4, 0.5) is 0 Å². The summed E-state index contributed by atoms with van der Waals surface area (Å²) in [4.78, 5) is 0. The average Bonchev–Trinajstić information content (AvgIpc) is 3.32. The summed E-state index contributed by atoms with van der Waals surface area (Å²) in [5, 5.41) is 3.86. The molecule has 2 aliphatic carbocycles. The van der Waals surface area contributed by atoms with Gasteiger partial charge in [-0.05, 0) is 78.7 Å². The predicted octanol–water partition coefficient (Wildman–Crippen LogP) is 9.33. The molecule has 1 heterocycles. The van der Waals surface area contributed by atoms with Crippen LogP contribution in [-0.4, -0.2) is 12.6 Å². The van der Waals surface area contributed by atoms with Crippen LogP contribution in [0.25, 0.3) is 0 Å². The molecule has 3 fully saturated rings. The number of benzene rings is 2. The van der Waals surface area contributed by atoms with Gasteiger partial charge in [0.1, 0.15) is 0 Å². The summed E-state index contributed by atoms with van der Waals surface area (Å²) in [5.74, 6) is 2.82. The first-order chi connectivity index (χ1) is 16.7. The van der Waals surface area contributed by atoms with E-state index in [0.717, 1.165) is 24.3 Å². The molecular weight excluding hydrogens is 410 g/mol. The molecule has 0 radical (unpaired) electrons. The Morgan fingerprint density at radius 3 is 1.44 bits per heavy atom. The van der Waals surface area contributed by atoms with E-state index in [0.29, 0.717) is 12.0 Å². The van der Waals surface area contributed by atoms with Crippen molar-refractivity contribution in [1.82, 2.24) is 5.32 Å². The summed E-state index contributed by atoms with van der Waals surface area (Å²) in [6, 6.07) is 20.2. The van der Waals surface area contributed by atoms with Crippen LogP contribution in [0.15, 0.2) is 48.5 Å². The van der Waals surface area contributed by atoms with Crippen LogP contribution in [0.1, 0.15) is 138 Å². The highest BCUT2D eigenvalue weighted by atomic mass is 15.0. The third-order valence-electron chi connectivity index (χ3n) is 8.53. The van der Waals surface area contributed by atoms with E-state index >= 15 is 0 Å². The predicted molar refractivity (Wildman–Crippen MR) is 148 cm³/mol. The first-order valence-electron chi connectivity index (χ1n) is 14.6. The van der Waals surface area contributed by atoms with Gasteiger partial charge in [0, 0.05) is 12.0 Å². The van der Waals surface area contributed by atoms with E-state index in [1.165, 1.54) is 88.2 Å². The standard InChI is InChI=1S/C30H41N.C3H8/c1-22-20-29(31-21-22)30(27-16-12-25(13-17-27)23-8-4-2-5-9-23)28-18-14-26(15-19-28)24-10-6-3-7-11-24;1-3-2/h12-19,22-24,29-31H,2-11,20-21H2,1H3;3H2,1-2H3. The normalized spacial score (nSPS) is 24.1.